The summed E-state index contributed by atoms with van der Waals surface area (Å²) in [6.45, 7) is 3.69. The lowest BCUT2D eigenvalue weighted by molar-refractivity contribution is -0.120. The molecule has 30 heavy (non-hydrogen) atoms. The Morgan fingerprint density at radius 2 is 1.87 bits per heavy atom. The van der Waals surface area contributed by atoms with Gasteiger partial charge in [-0.15, -0.1) is 0 Å². The van der Waals surface area contributed by atoms with Crippen molar-refractivity contribution in [3.8, 4) is 11.5 Å². The Kier molecular flexibility index (Phi) is 6.51. The van der Waals surface area contributed by atoms with Crippen LogP contribution in [0.15, 0.2) is 68.9 Å². The number of nitrogens with one attached hydrogen (secondary N) is 1. The summed E-state index contributed by atoms with van der Waals surface area (Å²) < 4.78 is 30.8. The molecule has 0 spiro atoms. The minimum Gasteiger partial charge on any atom is -0.463 e. The largest absolute Gasteiger partial charge is 0.463 e. The predicted octanol–water partition coefficient (Wildman–Crippen LogP) is 2.04. The standard InChI is InChI=1S/C21H23N3O5S/c1-15(2)30(27,28)17-7-5-16(6-8-17)14-20(25)22-11-12-24-21(26)10-9-18(23-24)19-4-3-13-29-19/h3-10,13,15H,11-12,14H2,1-2H3,(H,22,25). The van der Waals surface area contributed by atoms with E-state index in [2.05, 4.69) is 10.4 Å². The van der Waals surface area contributed by atoms with Crippen molar-refractivity contribution in [1.82, 2.24) is 15.1 Å². The molecule has 0 fully saturated rings. The molecule has 3 aromatic rings. The van der Waals surface area contributed by atoms with Crippen molar-refractivity contribution in [2.45, 2.75) is 37.0 Å². The SMILES string of the molecule is CC(C)S(=O)(=O)c1ccc(CC(=O)NCCn2nc(-c3ccco3)ccc2=O)cc1. The first-order valence-corrected chi connectivity index (χ1v) is 11.0. The number of furan rings is 1. The lowest BCUT2D eigenvalue weighted by Crippen LogP contribution is -2.32. The maximum Gasteiger partial charge on any atom is 0.266 e. The van der Waals surface area contributed by atoms with Gasteiger partial charge in [0.15, 0.2) is 15.6 Å². The topological polar surface area (TPSA) is 111 Å². The molecule has 1 amide bonds. The summed E-state index contributed by atoms with van der Waals surface area (Å²) in [5.41, 5.74) is 0.953. The van der Waals surface area contributed by atoms with E-state index >= 15 is 0 Å². The summed E-state index contributed by atoms with van der Waals surface area (Å²) in [4.78, 5) is 24.4. The number of amides is 1. The van der Waals surface area contributed by atoms with E-state index < -0.39 is 15.1 Å². The third-order valence-electron chi connectivity index (χ3n) is 4.52. The van der Waals surface area contributed by atoms with Gasteiger partial charge in [-0.2, -0.15) is 5.10 Å². The molecule has 8 nitrogen and oxygen atoms in total. The van der Waals surface area contributed by atoms with Crippen LogP contribution < -0.4 is 10.9 Å². The second kappa shape index (κ2) is 9.08. The molecule has 1 aromatic carbocycles. The Balaban J connectivity index is 1.56. The first-order chi connectivity index (χ1) is 14.3. The molecule has 9 heteroatoms. The van der Waals surface area contributed by atoms with Crippen LogP contribution >= 0.6 is 0 Å². The summed E-state index contributed by atoms with van der Waals surface area (Å²) >= 11 is 0. The highest BCUT2D eigenvalue weighted by Crippen LogP contribution is 2.17. The minimum absolute atomic E-state index is 0.108. The van der Waals surface area contributed by atoms with Crippen molar-refractivity contribution in [1.29, 1.82) is 0 Å². The summed E-state index contributed by atoms with van der Waals surface area (Å²) in [5, 5.41) is 6.48. The summed E-state index contributed by atoms with van der Waals surface area (Å²) in [7, 11) is -3.34. The number of aromatic nitrogens is 2. The Morgan fingerprint density at radius 3 is 2.50 bits per heavy atom. The van der Waals surface area contributed by atoms with Crippen molar-refractivity contribution >= 4 is 15.7 Å². The molecule has 158 valence electrons. The molecule has 0 aliphatic heterocycles. The lowest BCUT2D eigenvalue weighted by Gasteiger charge is -2.09. The van der Waals surface area contributed by atoms with Crippen molar-refractivity contribution in [3.63, 3.8) is 0 Å². The predicted molar refractivity (Wildman–Crippen MR) is 112 cm³/mol. The fourth-order valence-electron chi connectivity index (χ4n) is 2.78. The Labute approximate surface area is 174 Å². The second-order valence-corrected chi connectivity index (χ2v) is 9.53. The van der Waals surface area contributed by atoms with E-state index in [1.165, 1.54) is 29.1 Å². The van der Waals surface area contributed by atoms with Gasteiger partial charge in [0, 0.05) is 12.6 Å². The number of sulfone groups is 1. The van der Waals surface area contributed by atoms with Crippen LogP contribution in [0.2, 0.25) is 0 Å². The maximum atomic E-state index is 12.2. The number of carbonyl (C=O) groups excluding carboxylic acids is 1. The first-order valence-electron chi connectivity index (χ1n) is 9.49. The van der Waals surface area contributed by atoms with Gasteiger partial charge >= 0.3 is 0 Å². The van der Waals surface area contributed by atoms with E-state index in [1.54, 1.807) is 44.2 Å². The van der Waals surface area contributed by atoms with Crippen LogP contribution in [-0.2, 0) is 27.6 Å². The molecule has 1 N–H and O–H groups in total. The van der Waals surface area contributed by atoms with Gasteiger partial charge in [-0.1, -0.05) is 12.1 Å². The zero-order valence-electron chi connectivity index (χ0n) is 16.7. The molecule has 3 rings (SSSR count). The molecule has 0 atom stereocenters. The molecule has 2 heterocycles. The highest BCUT2D eigenvalue weighted by atomic mass is 32.2. The molecule has 0 aliphatic rings. The van der Waals surface area contributed by atoms with Gasteiger partial charge in [0.05, 0.1) is 29.4 Å². The molecular weight excluding hydrogens is 406 g/mol. The average Bonchev–Trinajstić information content (AvgIpc) is 3.24. The fourth-order valence-corrected chi connectivity index (χ4v) is 3.84. The van der Waals surface area contributed by atoms with E-state index in [4.69, 9.17) is 4.42 Å². The zero-order valence-corrected chi connectivity index (χ0v) is 17.6. The van der Waals surface area contributed by atoms with Crippen molar-refractivity contribution in [2.24, 2.45) is 0 Å². The normalized spacial score (nSPS) is 11.6. The van der Waals surface area contributed by atoms with Crippen LogP contribution in [-0.4, -0.2) is 35.9 Å². The van der Waals surface area contributed by atoms with E-state index in [9.17, 15) is 18.0 Å². The number of rotatable bonds is 8. The third kappa shape index (κ3) is 5.04. The fraction of sp³-hybridized carbons (Fsp3) is 0.286. The van der Waals surface area contributed by atoms with E-state index in [0.717, 1.165) is 0 Å². The smallest absolute Gasteiger partial charge is 0.266 e. The van der Waals surface area contributed by atoms with Crippen LogP contribution in [0.25, 0.3) is 11.5 Å². The Bertz CT molecular complexity index is 1160. The number of benzene rings is 1. The maximum absolute atomic E-state index is 12.2. The number of hydrogen-bond donors (Lipinski definition) is 1. The van der Waals surface area contributed by atoms with Crippen LogP contribution in [0.5, 0.6) is 0 Å². The van der Waals surface area contributed by atoms with Crippen molar-refractivity contribution in [3.05, 3.63) is 70.7 Å². The quantitative estimate of drug-likeness (QED) is 0.587. The van der Waals surface area contributed by atoms with Crippen LogP contribution in [0.3, 0.4) is 0 Å². The molecule has 0 aliphatic carbocycles. The Morgan fingerprint density at radius 1 is 1.13 bits per heavy atom. The highest BCUT2D eigenvalue weighted by molar-refractivity contribution is 7.92. The number of hydrogen-bond acceptors (Lipinski definition) is 6. The summed E-state index contributed by atoms with van der Waals surface area (Å²) in [5.74, 6) is 0.320. The van der Waals surface area contributed by atoms with E-state index in [1.807, 2.05) is 0 Å². The van der Waals surface area contributed by atoms with Gasteiger partial charge in [-0.05, 0) is 49.7 Å². The molecular formula is C21H23N3O5S. The molecule has 0 saturated heterocycles. The number of nitrogens with zero attached hydrogens (tertiary/aromatic N) is 2. The van der Waals surface area contributed by atoms with Crippen LogP contribution in [0.4, 0.5) is 0 Å². The van der Waals surface area contributed by atoms with E-state index in [-0.39, 0.29) is 35.9 Å². The number of carbonyl (C=O) groups is 1. The first kappa shape index (κ1) is 21.5. The average molecular weight is 429 g/mol. The van der Waals surface area contributed by atoms with Gasteiger partial charge in [0.2, 0.25) is 5.91 Å². The summed E-state index contributed by atoms with van der Waals surface area (Å²) in [6.07, 6.45) is 1.63. The minimum atomic E-state index is -3.34. The third-order valence-corrected chi connectivity index (χ3v) is 6.69. The molecule has 0 unspecified atom stereocenters. The second-order valence-electron chi connectivity index (χ2n) is 7.02. The lowest BCUT2D eigenvalue weighted by atomic mass is 10.1. The molecule has 0 bridgehead atoms. The molecule has 0 saturated carbocycles. The monoisotopic (exact) mass is 429 g/mol. The van der Waals surface area contributed by atoms with Gasteiger partial charge in [0.1, 0.15) is 5.69 Å². The van der Waals surface area contributed by atoms with Gasteiger partial charge < -0.3 is 9.73 Å². The molecule has 0 radical (unpaired) electrons. The van der Waals surface area contributed by atoms with Crippen molar-refractivity contribution < 1.29 is 17.6 Å². The van der Waals surface area contributed by atoms with Gasteiger partial charge in [0.25, 0.3) is 5.56 Å². The summed E-state index contributed by atoms with van der Waals surface area (Å²) in [6, 6.07) is 12.8. The van der Waals surface area contributed by atoms with E-state index in [0.29, 0.717) is 17.0 Å². The van der Waals surface area contributed by atoms with Crippen molar-refractivity contribution in [2.75, 3.05) is 6.54 Å². The van der Waals surface area contributed by atoms with Gasteiger partial charge in [-0.3, -0.25) is 9.59 Å². The van der Waals surface area contributed by atoms with Crippen LogP contribution in [0.1, 0.15) is 19.4 Å². The molecule has 2 aromatic heterocycles. The van der Waals surface area contributed by atoms with Crippen LogP contribution in [0, 0.1) is 0 Å². The van der Waals surface area contributed by atoms with Gasteiger partial charge in [-0.25, -0.2) is 13.1 Å². The zero-order chi connectivity index (χ0) is 21.7. The highest BCUT2D eigenvalue weighted by Gasteiger charge is 2.18. The Hall–Kier alpha value is -3.20.